The molecule has 2 amide bonds. The number of carbonyl (C=O) groups is 2. The topological polar surface area (TPSA) is 64.1 Å². The maximum Gasteiger partial charge on any atom is 0.323 e. The summed E-state index contributed by atoms with van der Waals surface area (Å²) in [6.07, 6.45) is 5.44. The van der Waals surface area contributed by atoms with E-state index in [0.29, 0.717) is 6.04 Å². The van der Waals surface area contributed by atoms with Gasteiger partial charge in [0.05, 0.1) is 0 Å². The van der Waals surface area contributed by atoms with Crippen LogP contribution >= 0.6 is 0 Å². The third-order valence-electron chi connectivity index (χ3n) is 4.63. The van der Waals surface area contributed by atoms with Crippen molar-refractivity contribution in [3.8, 4) is 0 Å². The lowest BCUT2D eigenvalue weighted by molar-refractivity contribution is -0.137. The molecule has 2 saturated heterocycles. The number of hydrogen-bond acceptors (Lipinski definition) is 3. The van der Waals surface area contributed by atoms with Gasteiger partial charge in [0.2, 0.25) is 0 Å². The fraction of sp³-hybridized carbons (Fsp3) is 0.857. The Morgan fingerprint density at radius 3 is 2.40 bits per heavy atom. The minimum absolute atomic E-state index is 0.0726. The average Bonchev–Trinajstić information content (AvgIpc) is 2.94. The highest BCUT2D eigenvalue weighted by atomic mass is 16.4. The van der Waals surface area contributed by atoms with Crippen LogP contribution in [0.2, 0.25) is 0 Å². The Morgan fingerprint density at radius 2 is 1.80 bits per heavy atom. The molecule has 0 aromatic heterocycles. The van der Waals surface area contributed by atoms with Gasteiger partial charge in [0, 0.05) is 25.2 Å². The highest BCUT2D eigenvalue weighted by molar-refractivity contribution is 5.81. The van der Waals surface area contributed by atoms with Gasteiger partial charge >= 0.3 is 12.0 Å². The molecule has 1 atom stereocenters. The molecule has 1 unspecified atom stereocenters. The van der Waals surface area contributed by atoms with Crippen LogP contribution in [0.15, 0.2) is 0 Å². The zero-order valence-corrected chi connectivity index (χ0v) is 11.8. The summed E-state index contributed by atoms with van der Waals surface area (Å²) in [7, 11) is 0. The van der Waals surface area contributed by atoms with Crippen LogP contribution in [0.4, 0.5) is 4.79 Å². The molecule has 2 aliphatic heterocycles. The minimum atomic E-state index is -0.916. The molecule has 1 aliphatic carbocycles. The number of urea groups is 1. The lowest BCUT2D eigenvalue weighted by Gasteiger charge is -2.28. The monoisotopic (exact) mass is 281 g/mol. The van der Waals surface area contributed by atoms with E-state index in [0.717, 1.165) is 45.4 Å². The molecule has 3 rings (SSSR count). The van der Waals surface area contributed by atoms with E-state index >= 15 is 0 Å². The molecule has 3 fully saturated rings. The Kier molecular flexibility index (Phi) is 3.83. The maximum absolute atomic E-state index is 12.5. The lowest BCUT2D eigenvalue weighted by atomic mass is 10.2. The molecule has 1 saturated carbocycles. The molecule has 0 aromatic rings. The van der Waals surface area contributed by atoms with Crippen LogP contribution in [0, 0.1) is 0 Å². The van der Waals surface area contributed by atoms with Crippen molar-refractivity contribution in [1.82, 2.24) is 14.7 Å². The highest BCUT2D eigenvalue weighted by Gasteiger charge is 2.39. The van der Waals surface area contributed by atoms with Gasteiger partial charge in [0.1, 0.15) is 6.54 Å². The number of amides is 2. The molecule has 20 heavy (non-hydrogen) atoms. The predicted molar refractivity (Wildman–Crippen MR) is 73.5 cm³/mol. The first-order valence-corrected chi connectivity index (χ1v) is 7.66. The smallest absolute Gasteiger partial charge is 0.323 e. The van der Waals surface area contributed by atoms with Crippen LogP contribution in [-0.4, -0.2) is 76.6 Å². The number of carbonyl (C=O) groups excluding carboxylic acids is 1. The summed E-state index contributed by atoms with van der Waals surface area (Å²) in [5, 5.41) is 8.96. The van der Waals surface area contributed by atoms with Crippen molar-refractivity contribution >= 4 is 12.0 Å². The molecule has 6 heteroatoms. The Balaban J connectivity index is 1.57. The van der Waals surface area contributed by atoms with Crippen LogP contribution in [0.3, 0.4) is 0 Å². The first kappa shape index (κ1) is 13.7. The van der Waals surface area contributed by atoms with Gasteiger partial charge in [-0.2, -0.15) is 0 Å². The summed E-state index contributed by atoms with van der Waals surface area (Å²) in [6.45, 7) is 3.67. The number of aliphatic carboxylic acids is 1. The fourth-order valence-corrected chi connectivity index (χ4v) is 3.39. The van der Waals surface area contributed by atoms with E-state index in [-0.39, 0.29) is 18.6 Å². The van der Waals surface area contributed by atoms with Gasteiger partial charge in [-0.15, -0.1) is 0 Å². The number of carboxylic acids is 1. The Hall–Kier alpha value is -1.30. The first-order chi connectivity index (χ1) is 9.65. The van der Waals surface area contributed by atoms with E-state index in [2.05, 4.69) is 4.90 Å². The van der Waals surface area contributed by atoms with E-state index in [1.807, 2.05) is 4.90 Å². The number of carboxylic acid groups (broad SMARTS) is 1. The second-order valence-electron chi connectivity index (χ2n) is 6.17. The molecule has 6 nitrogen and oxygen atoms in total. The van der Waals surface area contributed by atoms with Gasteiger partial charge in [0.15, 0.2) is 0 Å². The normalized spacial score (nSPS) is 27.0. The van der Waals surface area contributed by atoms with Gasteiger partial charge in [-0.3, -0.25) is 9.69 Å². The van der Waals surface area contributed by atoms with Crippen molar-refractivity contribution in [2.24, 2.45) is 0 Å². The largest absolute Gasteiger partial charge is 0.480 e. The first-order valence-electron chi connectivity index (χ1n) is 7.66. The van der Waals surface area contributed by atoms with E-state index in [4.69, 9.17) is 5.11 Å². The summed E-state index contributed by atoms with van der Waals surface area (Å²) in [5.41, 5.74) is 0. The van der Waals surface area contributed by atoms with Crippen molar-refractivity contribution < 1.29 is 14.7 Å². The number of hydrogen-bond donors (Lipinski definition) is 1. The molecule has 3 aliphatic rings. The summed E-state index contributed by atoms with van der Waals surface area (Å²) >= 11 is 0. The van der Waals surface area contributed by atoms with Crippen molar-refractivity contribution in [1.29, 1.82) is 0 Å². The van der Waals surface area contributed by atoms with Gasteiger partial charge < -0.3 is 14.9 Å². The SMILES string of the molecule is O=C(O)CN(C(=O)N1CCC(N2CCCC2)C1)C1CC1. The van der Waals surface area contributed by atoms with E-state index in [1.165, 1.54) is 12.8 Å². The van der Waals surface area contributed by atoms with Crippen molar-refractivity contribution in [3.05, 3.63) is 0 Å². The third kappa shape index (κ3) is 2.90. The van der Waals surface area contributed by atoms with Crippen LogP contribution in [-0.2, 0) is 4.79 Å². The quantitative estimate of drug-likeness (QED) is 0.829. The van der Waals surface area contributed by atoms with Crippen LogP contribution in [0.5, 0.6) is 0 Å². The zero-order chi connectivity index (χ0) is 14.1. The lowest BCUT2D eigenvalue weighted by Crippen LogP contribution is -2.46. The molecular weight excluding hydrogens is 258 g/mol. The Morgan fingerprint density at radius 1 is 1.10 bits per heavy atom. The standard InChI is InChI=1S/C14H23N3O3/c18-13(19)10-17(11-3-4-11)14(20)16-8-5-12(9-16)15-6-1-2-7-15/h11-12H,1-10H2,(H,18,19). The zero-order valence-electron chi connectivity index (χ0n) is 11.8. The van der Waals surface area contributed by atoms with Gasteiger partial charge in [-0.05, 0) is 45.2 Å². The molecular formula is C14H23N3O3. The van der Waals surface area contributed by atoms with Crippen molar-refractivity contribution in [2.45, 2.75) is 44.2 Å². The maximum atomic E-state index is 12.5. The summed E-state index contributed by atoms with van der Waals surface area (Å²) in [4.78, 5) is 29.3. The van der Waals surface area contributed by atoms with Gasteiger partial charge in [-0.1, -0.05) is 0 Å². The molecule has 2 heterocycles. The summed E-state index contributed by atoms with van der Waals surface area (Å²) in [6, 6.07) is 0.563. The third-order valence-corrected chi connectivity index (χ3v) is 4.63. The number of rotatable bonds is 4. The van der Waals surface area contributed by atoms with Gasteiger partial charge in [-0.25, -0.2) is 4.79 Å². The molecule has 1 N–H and O–H groups in total. The highest BCUT2D eigenvalue weighted by Crippen LogP contribution is 2.29. The average molecular weight is 281 g/mol. The van der Waals surface area contributed by atoms with Crippen molar-refractivity contribution in [2.75, 3.05) is 32.7 Å². The fourth-order valence-electron chi connectivity index (χ4n) is 3.39. The van der Waals surface area contributed by atoms with Crippen LogP contribution in [0.1, 0.15) is 32.1 Å². The molecule has 0 spiro atoms. The van der Waals surface area contributed by atoms with E-state index in [9.17, 15) is 9.59 Å². The van der Waals surface area contributed by atoms with E-state index in [1.54, 1.807) is 4.90 Å². The Labute approximate surface area is 119 Å². The second-order valence-corrected chi connectivity index (χ2v) is 6.17. The summed E-state index contributed by atoms with van der Waals surface area (Å²) < 4.78 is 0. The van der Waals surface area contributed by atoms with Crippen molar-refractivity contribution in [3.63, 3.8) is 0 Å². The number of nitrogens with zero attached hydrogens (tertiary/aromatic N) is 3. The molecule has 0 bridgehead atoms. The second kappa shape index (κ2) is 5.60. The number of likely N-dealkylation sites (tertiary alicyclic amines) is 2. The van der Waals surface area contributed by atoms with Crippen LogP contribution in [0.25, 0.3) is 0 Å². The molecule has 0 radical (unpaired) electrons. The molecule has 0 aromatic carbocycles. The van der Waals surface area contributed by atoms with Crippen LogP contribution < -0.4 is 0 Å². The predicted octanol–water partition coefficient (Wildman–Crippen LogP) is 0.825. The van der Waals surface area contributed by atoms with Gasteiger partial charge in [0.25, 0.3) is 0 Å². The molecule has 112 valence electrons. The summed E-state index contributed by atoms with van der Waals surface area (Å²) in [5.74, 6) is -0.916. The van der Waals surface area contributed by atoms with E-state index < -0.39 is 5.97 Å². The minimum Gasteiger partial charge on any atom is -0.480 e. The Bertz CT molecular complexity index is 391.